The SMILES string of the molecule is Cn1c(=O)c2ccccc2n2c(CN3C(=O)NC4(CCCCCC4)C3=O)nnc12. The van der Waals surface area contributed by atoms with Crippen molar-refractivity contribution >= 4 is 28.6 Å². The van der Waals surface area contributed by atoms with Gasteiger partial charge in [0.25, 0.3) is 11.5 Å². The van der Waals surface area contributed by atoms with E-state index >= 15 is 0 Å². The van der Waals surface area contributed by atoms with Crippen LogP contribution in [0.4, 0.5) is 4.79 Å². The van der Waals surface area contributed by atoms with Crippen LogP contribution in [-0.4, -0.2) is 41.5 Å². The number of hydrogen-bond donors (Lipinski definition) is 1. The van der Waals surface area contributed by atoms with Crippen molar-refractivity contribution in [3.8, 4) is 0 Å². The highest BCUT2D eigenvalue weighted by Crippen LogP contribution is 2.33. The molecule has 0 radical (unpaired) electrons. The van der Waals surface area contributed by atoms with E-state index in [1.165, 1.54) is 9.47 Å². The molecule has 2 aromatic heterocycles. The zero-order chi connectivity index (χ0) is 20.2. The zero-order valence-electron chi connectivity index (χ0n) is 16.2. The highest BCUT2D eigenvalue weighted by Gasteiger charge is 2.50. The van der Waals surface area contributed by atoms with Crippen LogP contribution in [0.2, 0.25) is 0 Å². The summed E-state index contributed by atoms with van der Waals surface area (Å²) >= 11 is 0. The molecule has 9 heteroatoms. The maximum Gasteiger partial charge on any atom is 0.325 e. The fraction of sp³-hybridized carbons (Fsp3) is 0.450. The summed E-state index contributed by atoms with van der Waals surface area (Å²) in [5, 5.41) is 11.8. The second-order valence-electron chi connectivity index (χ2n) is 7.95. The van der Waals surface area contributed by atoms with E-state index in [0.29, 0.717) is 35.3 Å². The summed E-state index contributed by atoms with van der Waals surface area (Å²) < 4.78 is 3.17. The van der Waals surface area contributed by atoms with Crippen LogP contribution < -0.4 is 10.9 Å². The molecule has 1 saturated heterocycles. The van der Waals surface area contributed by atoms with E-state index in [-0.39, 0.29) is 24.0 Å². The highest BCUT2D eigenvalue weighted by molar-refractivity contribution is 6.07. The van der Waals surface area contributed by atoms with Crippen LogP contribution in [-0.2, 0) is 18.4 Å². The number of amides is 3. The molecule has 2 fully saturated rings. The van der Waals surface area contributed by atoms with Crippen LogP contribution in [0.15, 0.2) is 29.1 Å². The monoisotopic (exact) mass is 394 g/mol. The third kappa shape index (κ3) is 2.56. The normalized spacial score (nSPS) is 19.3. The Bertz CT molecular complexity index is 1200. The standard InChI is InChI=1S/C20H22N6O3/c1-24-16(27)13-8-4-5-9-14(13)26-15(22-23-18(24)26)12-25-17(28)20(21-19(25)29)10-6-2-3-7-11-20/h4-5,8-9H,2-3,6-7,10-12H2,1H3,(H,21,29). The van der Waals surface area contributed by atoms with E-state index in [4.69, 9.17) is 0 Å². The lowest BCUT2D eigenvalue weighted by molar-refractivity contribution is -0.132. The molecule has 0 unspecified atom stereocenters. The number of fused-ring (bicyclic) bond motifs is 3. The minimum atomic E-state index is -0.789. The average Bonchev–Trinajstić information content (AvgIpc) is 3.13. The molecule has 2 aliphatic rings. The van der Waals surface area contributed by atoms with Gasteiger partial charge in [-0.1, -0.05) is 37.8 Å². The smallest absolute Gasteiger partial charge is 0.323 e. The first-order chi connectivity index (χ1) is 14.0. The molecule has 1 aromatic carbocycles. The molecule has 1 aliphatic heterocycles. The van der Waals surface area contributed by atoms with Gasteiger partial charge in [0.2, 0.25) is 5.78 Å². The Labute approximate surface area is 166 Å². The van der Waals surface area contributed by atoms with Gasteiger partial charge in [-0.3, -0.25) is 23.5 Å². The van der Waals surface area contributed by atoms with Crippen LogP contribution in [0, 0.1) is 0 Å². The molecule has 1 aliphatic carbocycles. The Morgan fingerprint density at radius 2 is 1.76 bits per heavy atom. The van der Waals surface area contributed by atoms with Crippen LogP contribution >= 0.6 is 0 Å². The maximum absolute atomic E-state index is 13.2. The second kappa shape index (κ2) is 6.40. The Hall–Kier alpha value is -3.23. The number of nitrogens with zero attached hydrogens (tertiary/aromatic N) is 5. The van der Waals surface area contributed by atoms with Crippen molar-refractivity contribution in [3.63, 3.8) is 0 Å². The molecule has 0 bridgehead atoms. The van der Waals surface area contributed by atoms with E-state index in [1.54, 1.807) is 23.6 Å². The molecule has 0 atom stereocenters. The van der Waals surface area contributed by atoms with Crippen molar-refractivity contribution in [3.05, 3.63) is 40.4 Å². The Morgan fingerprint density at radius 3 is 2.52 bits per heavy atom. The largest absolute Gasteiger partial charge is 0.325 e. The van der Waals surface area contributed by atoms with Gasteiger partial charge in [-0.15, -0.1) is 10.2 Å². The van der Waals surface area contributed by atoms with Gasteiger partial charge in [0, 0.05) is 7.05 Å². The van der Waals surface area contributed by atoms with E-state index in [1.807, 2.05) is 12.1 Å². The van der Waals surface area contributed by atoms with Crippen molar-refractivity contribution in [1.82, 2.24) is 29.4 Å². The summed E-state index contributed by atoms with van der Waals surface area (Å²) in [7, 11) is 1.64. The number of carbonyl (C=O) groups excluding carboxylic acids is 2. The number of aromatic nitrogens is 4. The number of benzene rings is 1. The summed E-state index contributed by atoms with van der Waals surface area (Å²) in [6.45, 7) is 0.00970. The van der Waals surface area contributed by atoms with E-state index in [2.05, 4.69) is 15.5 Å². The molecular formula is C20H22N6O3. The quantitative estimate of drug-likeness (QED) is 0.667. The van der Waals surface area contributed by atoms with Crippen LogP contribution in [0.3, 0.4) is 0 Å². The molecule has 5 rings (SSSR count). The number of para-hydroxylation sites is 1. The first-order valence-corrected chi connectivity index (χ1v) is 9.98. The summed E-state index contributed by atoms with van der Waals surface area (Å²) in [6, 6.07) is 6.80. The first kappa shape index (κ1) is 17.8. The molecule has 3 heterocycles. The number of imide groups is 1. The molecule has 3 amide bonds. The topological polar surface area (TPSA) is 102 Å². The van der Waals surface area contributed by atoms with E-state index in [9.17, 15) is 14.4 Å². The molecule has 1 N–H and O–H groups in total. The van der Waals surface area contributed by atoms with Gasteiger partial charge in [0.15, 0.2) is 5.82 Å². The number of urea groups is 1. The molecular weight excluding hydrogens is 372 g/mol. The highest BCUT2D eigenvalue weighted by atomic mass is 16.2. The van der Waals surface area contributed by atoms with E-state index in [0.717, 1.165) is 25.7 Å². The number of aryl methyl sites for hydroxylation is 1. The lowest BCUT2D eigenvalue weighted by atomic mass is 9.90. The minimum absolute atomic E-state index is 0.00970. The molecule has 9 nitrogen and oxygen atoms in total. The average molecular weight is 394 g/mol. The van der Waals surface area contributed by atoms with Gasteiger partial charge < -0.3 is 5.32 Å². The molecule has 1 spiro atoms. The van der Waals surface area contributed by atoms with Crippen molar-refractivity contribution in [2.45, 2.75) is 50.6 Å². The number of rotatable bonds is 2. The van der Waals surface area contributed by atoms with Gasteiger partial charge in [0.1, 0.15) is 5.54 Å². The van der Waals surface area contributed by atoms with Gasteiger partial charge in [0.05, 0.1) is 17.4 Å². The Balaban J connectivity index is 1.58. The molecule has 1 saturated carbocycles. The van der Waals surface area contributed by atoms with Crippen LogP contribution in [0.5, 0.6) is 0 Å². The lowest BCUT2D eigenvalue weighted by Gasteiger charge is -2.24. The van der Waals surface area contributed by atoms with Gasteiger partial charge in [-0.2, -0.15) is 0 Å². The number of nitrogens with one attached hydrogen (secondary N) is 1. The van der Waals surface area contributed by atoms with Crippen molar-refractivity contribution in [2.75, 3.05) is 0 Å². The maximum atomic E-state index is 13.2. The third-order valence-electron chi connectivity index (χ3n) is 6.20. The predicted molar refractivity (Wildman–Crippen MR) is 105 cm³/mol. The van der Waals surface area contributed by atoms with Crippen LogP contribution in [0.25, 0.3) is 16.7 Å². The minimum Gasteiger partial charge on any atom is -0.323 e. The summed E-state index contributed by atoms with van der Waals surface area (Å²) in [4.78, 5) is 39.7. The third-order valence-corrected chi connectivity index (χ3v) is 6.20. The Morgan fingerprint density at radius 1 is 1.03 bits per heavy atom. The van der Waals surface area contributed by atoms with Crippen molar-refractivity contribution in [2.24, 2.45) is 7.05 Å². The lowest BCUT2D eigenvalue weighted by Crippen LogP contribution is -2.46. The molecule has 150 valence electrons. The summed E-state index contributed by atoms with van der Waals surface area (Å²) in [5.41, 5.74) is -0.301. The fourth-order valence-electron chi connectivity index (χ4n) is 4.63. The zero-order valence-corrected chi connectivity index (χ0v) is 16.2. The summed E-state index contributed by atoms with van der Waals surface area (Å²) in [5.74, 6) is 0.635. The second-order valence-corrected chi connectivity index (χ2v) is 7.95. The fourth-order valence-corrected chi connectivity index (χ4v) is 4.63. The predicted octanol–water partition coefficient (Wildman–Crippen LogP) is 1.73. The van der Waals surface area contributed by atoms with Gasteiger partial charge in [-0.25, -0.2) is 4.79 Å². The first-order valence-electron chi connectivity index (χ1n) is 9.98. The van der Waals surface area contributed by atoms with Crippen LogP contribution in [0.1, 0.15) is 44.3 Å². The number of hydrogen-bond acceptors (Lipinski definition) is 5. The Kier molecular flexibility index (Phi) is 3.94. The van der Waals surface area contributed by atoms with Gasteiger partial charge >= 0.3 is 6.03 Å². The van der Waals surface area contributed by atoms with Gasteiger partial charge in [-0.05, 0) is 25.0 Å². The summed E-state index contributed by atoms with van der Waals surface area (Å²) in [6.07, 6.45) is 5.37. The van der Waals surface area contributed by atoms with E-state index < -0.39 is 5.54 Å². The molecule has 3 aromatic rings. The molecule has 29 heavy (non-hydrogen) atoms. The van der Waals surface area contributed by atoms with Crippen molar-refractivity contribution in [1.29, 1.82) is 0 Å². The van der Waals surface area contributed by atoms with Crippen molar-refractivity contribution < 1.29 is 9.59 Å². The number of carbonyl (C=O) groups is 2.